The molecule has 5 rings (SSSR count). The van der Waals surface area contributed by atoms with Crippen LogP contribution in [0.4, 0.5) is 5.82 Å². The SMILES string of the molecule is COc1ccc(Cn2ncc3nc(N4CCC5(CC4)CO[C@@H](C)[C@H]5NS(=O)C(C)(C)C)c(C=O)nc32)cc1. The van der Waals surface area contributed by atoms with E-state index in [1.807, 2.05) is 52.0 Å². The number of hydrogen-bond donors (Lipinski definition) is 1. The molecule has 2 fully saturated rings. The van der Waals surface area contributed by atoms with Gasteiger partial charge in [-0.25, -0.2) is 23.6 Å². The van der Waals surface area contributed by atoms with Crippen molar-refractivity contribution in [2.75, 3.05) is 31.7 Å². The van der Waals surface area contributed by atoms with Crippen molar-refractivity contribution in [3.05, 3.63) is 41.7 Å². The summed E-state index contributed by atoms with van der Waals surface area (Å²) >= 11 is 0. The maximum absolute atomic E-state index is 12.9. The molecule has 0 radical (unpaired) electrons. The van der Waals surface area contributed by atoms with Crippen LogP contribution < -0.4 is 14.4 Å². The van der Waals surface area contributed by atoms with Crippen molar-refractivity contribution >= 4 is 34.3 Å². The number of piperidine rings is 1. The molecule has 3 aromatic rings. The van der Waals surface area contributed by atoms with Crippen molar-refractivity contribution in [1.82, 2.24) is 24.5 Å². The monoisotopic (exact) mass is 540 g/mol. The van der Waals surface area contributed by atoms with Crippen molar-refractivity contribution in [2.24, 2.45) is 5.41 Å². The Kier molecular flexibility index (Phi) is 7.27. The number of nitrogens with zero attached hydrogens (tertiary/aromatic N) is 5. The van der Waals surface area contributed by atoms with Gasteiger partial charge in [-0.1, -0.05) is 12.1 Å². The zero-order valence-electron chi connectivity index (χ0n) is 22.6. The largest absolute Gasteiger partial charge is 0.497 e. The number of methoxy groups -OCH3 is 1. The molecule has 1 unspecified atom stereocenters. The summed E-state index contributed by atoms with van der Waals surface area (Å²) in [6.45, 7) is 10.5. The van der Waals surface area contributed by atoms with Crippen LogP contribution in [0, 0.1) is 5.41 Å². The van der Waals surface area contributed by atoms with Crippen LogP contribution in [0.1, 0.15) is 56.6 Å². The van der Waals surface area contributed by atoms with E-state index in [4.69, 9.17) is 14.5 Å². The van der Waals surface area contributed by atoms with Crippen LogP contribution in [0.2, 0.25) is 0 Å². The number of ether oxygens (including phenoxy) is 2. The molecule has 204 valence electrons. The first-order chi connectivity index (χ1) is 18.1. The molecule has 0 bridgehead atoms. The third-order valence-corrected chi connectivity index (χ3v) is 9.27. The van der Waals surface area contributed by atoms with E-state index in [0.29, 0.717) is 48.9 Å². The smallest absolute Gasteiger partial charge is 0.177 e. The van der Waals surface area contributed by atoms with E-state index in [2.05, 4.69) is 19.7 Å². The molecule has 3 atom stereocenters. The number of nitrogens with one attached hydrogen (secondary N) is 1. The number of carbonyl (C=O) groups excluding carboxylic acids is 1. The Bertz CT molecular complexity index is 1330. The highest BCUT2D eigenvalue weighted by molar-refractivity contribution is 7.84. The molecule has 2 aliphatic heterocycles. The molecule has 1 spiro atoms. The van der Waals surface area contributed by atoms with Crippen LogP contribution in [0.15, 0.2) is 30.5 Å². The number of carbonyl (C=O) groups is 1. The normalized spacial score (nSPS) is 22.2. The number of aldehydes is 1. The average molecular weight is 541 g/mol. The molecule has 0 aliphatic carbocycles. The van der Waals surface area contributed by atoms with Crippen LogP contribution in [0.25, 0.3) is 11.2 Å². The maximum atomic E-state index is 12.9. The van der Waals surface area contributed by atoms with Crippen molar-refractivity contribution in [1.29, 1.82) is 0 Å². The Hall–Kier alpha value is -2.89. The molecule has 1 aromatic carbocycles. The first-order valence-electron chi connectivity index (χ1n) is 13.0. The highest BCUT2D eigenvalue weighted by Crippen LogP contribution is 2.43. The average Bonchev–Trinajstić information content (AvgIpc) is 3.44. The Morgan fingerprint density at radius 3 is 2.55 bits per heavy atom. The summed E-state index contributed by atoms with van der Waals surface area (Å²) in [5.74, 6) is 1.37. The van der Waals surface area contributed by atoms with Gasteiger partial charge in [0.15, 0.2) is 17.8 Å². The molecule has 38 heavy (non-hydrogen) atoms. The molecule has 10 nitrogen and oxygen atoms in total. The van der Waals surface area contributed by atoms with E-state index in [-0.39, 0.29) is 22.3 Å². The number of hydrogen-bond acceptors (Lipinski definition) is 8. The summed E-state index contributed by atoms with van der Waals surface area (Å²) in [5, 5.41) is 4.49. The lowest BCUT2D eigenvalue weighted by Crippen LogP contribution is -2.55. The minimum absolute atomic E-state index is 0.000000542. The van der Waals surface area contributed by atoms with Crippen molar-refractivity contribution < 1.29 is 18.5 Å². The Labute approximate surface area is 225 Å². The topological polar surface area (TPSA) is 111 Å². The third kappa shape index (κ3) is 5.06. The highest BCUT2D eigenvalue weighted by atomic mass is 32.2. The number of fused-ring (bicyclic) bond motifs is 1. The van der Waals surface area contributed by atoms with Gasteiger partial charge < -0.3 is 14.4 Å². The number of benzene rings is 1. The summed E-state index contributed by atoms with van der Waals surface area (Å²) in [6.07, 6.45) is 4.12. The lowest BCUT2D eigenvalue weighted by atomic mass is 9.73. The van der Waals surface area contributed by atoms with Crippen molar-refractivity contribution in [3.63, 3.8) is 0 Å². The van der Waals surface area contributed by atoms with E-state index in [1.165, 1.54) is 0 Å². The lowest BCUT2D eigenvalue weighted by Gasteiger charge is -2.43. The second kappa shape index (κ2) is 10.3. The summed E-state index contributed by atoms with van der Waals surface area (Å²) in [6, 6.07) is 7.76. The van der Waals surface area contributed by atoms with E-state index in [1.54, 1.807) is 18.0 Å². The molecule has 11 heteroatoms. The predicted octanol–water partition coefficient (Wildman–Crippen LogP) is 3.12. The summed E-state index contributed by atoms with van der Waals surface area (Å²) in [4.78, 5) is 23.7. The fraction of sp³-hybridized carbons (Fsp3) is 0.556. The fourth-order valence-corrected chi connectivity index (χ4v) is 6.37. The van der Waals surface area contributed by atoms with Gasteiger partial charge in [0.2, 0.25) is 0 Å². The number of aromatic nitrogens is 4. The number of anilines is 1. The van der Waals surface area contributed by atoms with Gasteiger partial charge in [-0.15, -0.1) is 0 Å². The molecule has 2 aliphatic rings. The van der Waals surface area contributed by atoms with E-state index in [0.717, 1.165) is 30.4 Å². The molecular weight excluding hydrogens is 504 g/mol. The Morgan fingerprint density at radius 1 is 1.21 bits per heavy atom. The van der Waals surface area contributed by atoms with Crippen molar-refractivity contribution in [2.45, 2.75) is 64.0 Å². The van der Waals surface area contributed by atoms with Gasteiger partial charge in [0.05, 0.1) is 54.3 Å². The zero-order valence-corrected chi connectivity index (χ0v) is 23.5. The Morgan fingerprint density at radius 2 is 1.92 bits per heavy atom. The van der Waals surface area contributed by atoms with Crippen LogP contribution in [-0.2, 0) is 22.3 Å². The second-order valence-corrected chi connectivity index (χ2v) is 13.2. The van der Waals surface area contributed by atoms with Gasteiger partial charge in [-0.05, 0) is 58.2 Å². The van der Waals surface area contributed by atoms with Gasteiger partial charge in [0.1, 0.15) is 17.0 Å². The van der Waals surface area contributed by atoms with E-state index < -0.39 is 11.0 Å². The minimum Gasteiger partial charge on any atom is -0.497 e. The van der Waals surface area contributed by atoms with Gasteiger partial charge in [-0.2, -0.15) is 5.10 Å². The summed E-state index contributed by atoms with van der Waals surface area (Å²) < 4.78 is 29.0. The second-order valence-electron chi connectivity index (χ2n) is 11.3. The first-order valence-corrected chi connectivity index (χ1v) is 14.1. The Balaban J connectivity index is 1.34. The minimum atomic E-state index is -1.18. The number of rotatable bonds is 7. The third-order valence-electron chi connectivity index (χ3n) is 7.69. The standard InChI is InChI=1S/C27H36N6O4S/c1-18-23(31-38(35)26(2,3)4)27(17-37-18)10-12-32(13-11-27)24-22(16-34)30-25-21(29-24)14-28-33(25)15-19-6-8-20(36-5)9-7-19/h6-9,14,16,18,23,31H,10-13,15,17H2,1-5H3/t18-,23+,38?/m0/s1. The van der Waals surface area contributed by atoms with Gasteiger partial charge in [0, 0.05) is 18.5 Å². The highest BCUT2D eigenvalue weighted by Gasteiger charge is 2.50. The van der Waals surface area contributed by atoms with Crippen LogP contribution >= 0.6 is 0 Å². The zero-order chi connectivity index (χ0) is 27.1. The molecule has 2 aromatic heterocycles. The van der Waals surface area contributed by atoms with E-state index in [9.17, 15) is 9.00 Å². The lowest BCUT2D eigenvalue weighted by molar-refractivity contribution is 0.0972. The summed E-state index contributed by atoms with van der Waals surface area (Å²) in [7, 11) is 0.454. The molecule has 0 saturated carbocycles. The first kappa shape index (κ1) is 26.7. The van der Waals surface area contributed by atoms with Crippen LogP contribution in [0.3, 0.4) is 0 Å². The summed E-state index contributed by atoms with van der Waals surface area (Å²) in [5.41, 5.74) is 2.46. The van der Waals surface area contributed by atoms with Gasteiger partial charge in [0.25, 0.3) is 0 Å². The molecule has 1 N–H and O–H groups in total. The van der Waals surface area contributed by atoms with Gasteiger partial charge in [-0.3, -0.25) is 4.79 Å². The molecule has 2 saturated heterocycles. The molecular formula is C27H36N6O4S. The predicted molar refractivity (Wildman–Crippen MR) is 147 cm³/mol. The maximum Gasteiger partial charge on any atom is 0.177 e. The molecule has 0 amide bonds. The van der Waals surface area contributed by atoms with Gasteiger partial charge >= 0.3 is 0 Å². The quantitative estimate of drug-likeness (QED) is 0.455. The fourth-order valence-electron chi connectivity index (χ4n) is 5.34. The van der Waals surface area contributed by atoms with E-state index >= 15 is 0 Å². The van der Waals surface area contributed by atoms with Crippen LogP contribution in [-0.4, -0.2) is 73.9 Å². The van der Waals surface area contributed by atoms with Crippen LogP contribution in [0.5, 0.6) is 5.75 Å². The van der Waals surface area contributed by atoms with Crippen molar-refractivity contribution in [3.8, 4) is 5.75 Å². The molecule has 4 heterocycles.